The van der Waals surface area contributed by atoms with Gasteiger partial charge in [-0.2, -0.15) is 0 Å². The average molecular weight is 310 g/mol. The van der Waals surface area contributed by atoms with Crippen LogP contribution >= 0.6 is 0 Å². The van der Waals surface area contributed by atoms with Crippen molar-refractivity contribution in [2.24, 2.45) is 5.92 Å². The quantitative estimate of drug-likeness (QED) is 0.922. The maximum Gasteiger partial charge on any atom is 0.257 e. The van der Waals surface area contributed by atoms with E-state index in [-0.39, 0.29) is 5.91 Å². The summed E-state index contributed by atoms with van der Waals surface area (Å²) in [7, 11) is 1.95. The number of hydrogen-bond donors (Lipinski definition) is 1. The minimum Gasteiger partial charge on any atom is -0.457 e. The second-order valence-electron chi connectivity index (χ2n) is 5.87. The lowest BCUT2D eigenvalue weighted by molar-refractivity contribution is 0.0784. The Bertz CT molecular complexity index is 657. The highest BCUT2D eigenvalue weighted by Gasteiger charge is 2.28. The number of rotatable bonds is 5. The second-order valence-corrected chi connectivity index (χ2v) is 5.87. The predicted octanol–water partition coefficient (Wildman–Crippen LogP) is 3.16. The zero-order chi connectivity index (χ0) is 16.1. The van der Waals surface area contributed by atoms with Crippen LogP contribution in [0.5, 0.6) is 11.5 Å². The number of nitrogens with zero attached hydrogens (tertiary/aromatic N) is 1. The number of carbonyl (C=O) groups excluding carboxylic acids is 1. The molecule has 2 aromatic carbocycles. The molecule has 2 aromatic rings. The lowest BCUT2D eigenvalue weighted by Gasteiger charge is -2.18. The third-order valence-corrected chi connectivity index (χ3v) is 4.15. The Kier molecular flexibility index (Phi) is 4.93. The van der Waals surface area contributed by atoms with Crippen LogP contribution in [0.15, 0.2) is 54.6 Å². The number of benzene rings is 2. The Morgan fingerprint density at radius 1 is 1.17 bits per heavy atom. The number of amides is 1. The summed E-state index contributed by atoms with van der Waals surface area (Å²) >= 11 is 0. The molecule has 3 rings (SSSR count). The highest BCUT2D eigenvalue weighted by molar-refractivity contribution is 5.97. The van der Waals surface area contributed by atoms with Crippen LogP contribution in [-0.4, -0.2) is 37.5 Å². The first kappa shape index (κ1) is 15.6. The molecule has 1 N–H and O–H groups in total. The van der Waals surface area contributed by atoms with Gasteiger partial charge in [0, 0.05) is 13.1 Å². The minimum atomic E-state index is 0.0511. The van der Waals surface area contributed by atoms with Crippen molar-refractivity contribution in [2.45, 2.75) is 6.42 Å². The van der Waals surface area contributed by atoms with Crippen LogP contribution in [0.1, 0.15) is 16.8 Å². The summed E-state index contributed by atoms with van der Waals surface area (Å²) in [5.41, 5.74) is 0.626. The highest BCUT2D eigenvalue weighted by atomic mass is 16.5. The van der Waals surface area contributed by atoms with Gasteiger partial charge in [-0.15, -0.1) is 0 Å². The van der Waals surface area contributed by atoms with E-state index in [1.54, 1.807) is 0 Å². The third-order valence-electron chi connectivity index (χ3n) is 4.15. The van der Waals surface area contributed by atoms with Crippen LogP contribution in [0, 0.1) is 5.92 Å². The Hall–Kier alpha value is -2.33. The van der Waals surface area contributed by atoms with E-state index in [4.69, 9.17) is 4.74 Å². The van der Waals surface area contributed by atoms with Crippen LogP contribution in [0.4, 0.5) is 0 Å². The Labute approximate surface area is 137 Å². The molecule has 1 heterocycles. The monoisotopic (exact) mass is 310 g/mol. The fourth-order valence-corrected chi connectivity index (χ4v) is 2.99. The lowest BCUT2D eigenvalue weighted by Crippen LogP contribution is -2.30. The van der Waals surface area contributed by atoms with Gasteiger partial charge >= 0.3 is 0 Å². The SMILES string of the molecule is CNC[C@H]1CCN(C(=O)c2ccccc2Oc2ccccc2)C1. The molecule has 0 aromatic heterocycles. The fraction of sp³-hybridized carbons (Fsp3) is 0.316. The number of ether oxygens (including phenoxy) is 1. The van der Waals surface area contributed by atoms with Crippen molar-refractivity contribution >= 4 is 5.91 Å². The molecule has 1 fully saturated rings. The number of carbonyl (C=O) groups is 1. The Morgan fingerprint density at radius 2 is 1.91 bits per heavy atom. The molecule has 1 saturated heterocycles. The van der Waals surface area contributed by atoms with E-state index < -0.39 is 0 Å². The number of hydrogen-bond acceptors (Lipinski definition) is 3. The van der Waals surface area contributed by atoms with Crippen molar-refractivity contribution in [3.63, 3.8) is 0 Å². The van der Waals surface area contributed by atoms with Crippen LogP contribution in [0.3, 0.4) is 0 Å². The molecule has 0 aliphatic carbocycles. The molecule has 1 amide bonds. The van der Waals surface area contributed by atoms with Gasteiger partial charge in [-0.05, 0) is 50.2 Å². The Balaban J connectivity index is 1.76. The summed E-state index contributed by atoms with van der Waals surface area (Å²) in [4.78, 5) is 14.8. The molecule has 120 valence electrons. The van der Waals surface area contributed by atoms with Crippen molar-refractivity contribution in [2.75, 3.05) is 26.7 Å². The summed E-state index contributed by atoms with van der Waals surface area (Å²) in [6.45, 7) is 2.57. The van der Waals surface area contributed by atoms with E-state index in [1.807, 2.05) is 66.5 Å². The molecule has 0 radical (unpaired) electrons. The molecular weight excluding hydrogens is 288 g/mol. The molecule has 1 atom stereocenters. The van der Waals surface area contributed by atoms with Crippen LogP contribution in [0.2, 0.25) is 0 Å². The summed E-state index contributed by atoms with van der Waals surface area (Å²) in [6, 6.07) is 17.0. The lowest BCUT2D eigenvalue weighted by atomic mass is 10.1. The fourth-order valence-electron chi connectivity index (χ4n) is 2.99. The molecule has 0 unspecified atom stereocenters. The van der Waals surface area contributed by atoms with Crippen LogP contribution in [0.25, 0.3) is 0 Å². The van der Waals surface area contributed by atoms with Crippen molar-refractivity contribution in [1.82, 2.24) is 10.2 Å². The normalized spacial score (nSPS) is 17.3. The number of nitrogens with one attached hydrogen (secondary N) is 1. The van der Waals surface area contributed by atoms with Gasteiger partial charge in [0.15, 0.2) is 0 Å². The third kappa shape index (κ3) is 3.71. The van der Waals surface area contributed by atoms with Gasteiger partial charge in [0.25, 0.3) is 5.91 Å². The topological polar surface area (TPSA) is 41.6 Å². The molecule has 23 heavy (non-hydrogen) atoms. The molecule has 1 aliphatic rings. The smallest absolute Gasteiger partial charge is 0.257 e. The number of likely N-dealkylation sites (tertiary alicyclic amines) is 1. The van der Waals surface area contributed by atoms with Crippen molar-refractivity contribution in [1.29, 1.82) is 0 Å². The van der Waals surface area contributed by atoms with Gasteiger partial charge in [0.05, 0.1) is 5.56 Å². The first-order valence-corrected chi connectivity index (χ1v) is 8.03. The molecule has 0 spiro atoms. The van der Waals surface area contributed by atoms with E-state index >= 15 is 0 Å². The predicted molar refractivity (Wildman–Crippen MR) is 90.9 cm³/mol. The summed E-state index contributed by atoms with van der Waals surface area (Å²) < 4.78 is 5.90. The number of para-hydroxylation sites is 2. The van der Waals surface area contributed by atoms with Gasteiger partial charge < -0.3 is 15.0 Å². The maximum absolute atomic E-state index is 12.8. The van der Waals surface area contributed by atoms with Crippen molar-refractivity contribution < 1.29 is 9.53 Å². The Morgan fingerprint density at radius 3 is 2.70 bits per heavy atom. The van der Waals surface area contributed by atoms with E-state index in [1.165, 1.54) is 0 Å². The van der Waals surface area contributed by atoms with E-state index in [9.17, 15) is 4.79 Å². The zero-order valence-corrected chi connectivity index (χ0v) is 13.4. The first-order chi connectivity index (χ1) is 11.3. The van der Waals surface area contributed by atoms with Gasteiger partial charge in [0.2, 0.25) is 0 Å². The molecular formula is C19H22N2O2. The average Bonchev–Trinajstić information content (AvgIpc) is 3.05. The highest BCUT2D eigenvalue weighted by Crippen LogP contribution is 2.27. The summed E-state index contributed by atoms with van der Waals surface area (Å²) in [5, 5.41) is 3.19. The molecule has 4 nitrogen and oxygen atoms in total. The van der Waals surface area contributed by atoms with Gasteiger partial charge in [-0.3, -0.25) is 4.79 Å². The van der Waals surface area contributed by atoms with Crippen LogP contribution in [-0.2, 0) is 0 Å². The van der Waals surface area contributed by atoms with E-state index in [0.29, 0.717) is 17.2 Å². The standard InChI is InChI=1S/C19H22N2O2/c1-20-13-15-11-12-21(14-15)19(22)17-9-5-6-10-18(17)23-16-7-3-2-4-8-16/h2-10,15,20H,11-14H2,1H3/t15-/m1/s1. The van der Waals surface area contributed by atoms with Gasteiger partial charge in [0.1, 0.15) is 11.5 Å². The van der Waals surface area contributed by atoms with Crippen molar-refractivity contribution in [3.05, 3.63) is 60.2 Å². The molecule has 0 saturated carbocycles. The zero-order valence-electron chi connectivity index (χ0n) is 13.4. The van der Waals surface area contributed by atoms with Gasteiger partial charge in [-0.1, -0.05) is 30.3 Å². The first-order valence-electron chi connectivity index (χ1n) is 8.03. The van der Waals surface area contributed by atoms with E-state index in [2.05, 4.69) is 5.32 Å². The van der Waals surface area contributed by atoms with Gasteiger partial charge in [-0.25, -0.2) is 0 Å². The second kappa shape index (κ2) is 7.29. The summed E-state index contributed by atoms with van der Waals surface area (Å²) in [6.07, 6.45) is 1.05. The minimum absolute atomic E-state index is 0.0511. The molecule has 1 aliphatic heterocycles. The largest absolute Gasteiger partial charge is 0.457 e. The molecule has 4 heteroatoms. The van der Waals surface area contributed by atoms with Crippen LogP contribution < -0.4 is 10.1 Å². The molecule has 0 bridgehead atoms. The maximum atomic E-state index is 12.8. The summed E-state index contributed by atoms with van der Waals surface area (Å²) in [5.74, 6) is 1.93. The van der Waals surface area contributed by atoms with E-state index in [0.717, 1.165) is 31.8 Å². The van der Waals surface area contributed by atoms with Crippen molar-refractivity contribution in [3.8, 4) is 11.5 Å².